The van der Waals surface area contributed by atoms with Gasteiger partial charge >= 0.3 is 5.97 Å². The summed E-state index contributed by atoms with van der Waals surface area (Å²) in [7, 11) is 3.38. The van der Waals surface area contributed by atoms with Crippen molar-refractivity contribution in [1.29, 1.82) is 5.41 Å². The lowest BCUT2D eigenvalue weighted by Crippen LogP contribution is -2.49. The number of nitrogens with zero attached hydrogens (tertiary/aromatic N) is 2. The van der Waals surface area contributed by atoms with E-state index in [0.29, 0.717) is 18.8 Å². The molecule has 9 N–H and O–H groups in total. The van der Waals surface area contributed by atoms with Crippen molar-refractivity contribution in [3.05, 3.63) is 0 Å². The van der Waals surface area contributed by atoms with Crippen LogP contribution in [0.5, 0.6) is 0 Å². The molecular formula is C16H35N7O3. The van der Waals surface area contributed by atoms with E-state index in [1.165, 1.54) is 4.90 Å². The fourth-order valence-electron chi connectivity index (χ4n) is 1.81. The fraction of sp³-hybridized carbons (Fsp3) is 0.750. The van der Waals surface area contributed by atoms with E-state index in [1.54, 1.807) is 14.1 Å². The summed E-state index contributed by atoms with van der Waals surface area (Å²) < 4.78 is 0. The summed E-state index contributed by atoms with van der Waals surface area (Å²) in [5.41, 5.74) is 15.7. The maximum atomic E-state index is 11.7. The Hall–Kier alpha value is -2.36. The number of rotatable bonds is 7. The van der Waals surface area contributed by atoms with Crippen LogP contribution in [0.4, 0.5) is 0 Å². The zero-order chi connectivity index (χ0) is 21.0. The molecule has 2 atom stereocenters. The molecule has 0 spiro atoms. The van der Waals surface area contributed by atoms with Gasteiger partial charge in [-0.2, -0.15) is 4.99 Å². The summed E-state index contributed by atoms with van der Waals surface area (Å²) in [6, 6.07) is -1.48. The Morgan fingerprint density at radius 3 is 1.85 bits per heavy atom. The van der Waals surface area contributed by atoms with Gasteiger partial charge in [0.25, 0.3) is 0 Å². The van der Waals surface area contributed by atoms with E-state index in [9.17, 15) is 9.59 Å². The highest BCUT2D eigenvalue weighted by Crippen LogP contribution is 2.07. The molecule has 0 aliphatic rings. The lowest BCUT2D eigenvalue weighted by atomic mass is 10.0. The van der Waals surface area contributed by atoms with Crippen LogP contribution in [0.15, 0.2) is 4.99 Å². The first-order valence-corrected chi connectivity index (χ1v) is 8.42. The second-order valence-electron chi connectivity index (χ2n) is 7.02. The third kappa shape index (κ3) is 14.0. The Kier molecular flexibility index (Phi) is 12.9. The van der Waals surface area contributed by atoms with E-state index >= 15 is 0 Å². The number of hydrogen-bond acceptors (Lipinski definition) is 4. The van der Waals surface area contributed by atoms with Crippen LogP contribution >= 0.6 is 0 Å². The number of carbonyl (C=O) groups excluding carboxylic acids is 1. The Morgan fingerprint density at radius 1 is 1.12 bits per heavy atom. The third-order valence-electron chi connectivity index (χ3n) is 3.04. The molecule has 0 heterocycles. The highest BCUT2D eigenvalue weighted by Gasteiger charge is 2.24. The van der Waals surface area contributed by atoms with Crippen molar-refractivity contribution in [3.63, 3.8) is 0 Å². The highest BCUT2D eigenvalue weighted by atomic mass is 16.4. The average molecular weight is 374 g/mol. The normalized spacial score (nSPS) is 12.5. The molecule has 0 aromatic rings. The minimum Gasteiger partial charge on any atom is -0.480 e. The Bertz CT molecular complexity index is 486. The molecule has 0 aliphatic carbocycles. The summed E-state index contributed by atoms with van der Waals surface area (Å²) in [6.07, 6.45) is 0.968. The molecule has 10 heteroatoms. The molecule has 0 saturated heterocycles. The van der Waals surface area contributed by atoms with Crippen LogP contribution in [0.25, 0.3) is 0 Å². The maximum Gasteiger partial charge on any atom is 0.326 e. The minimum absolute atomic E-state index is 0.0509. The van der Waals surface area contributed by atoms with Crippen LogP contribution in [-0.4, -0.2) is 60.0 Å². The molecular weight excluding hydrogens is 338 g/mol. The highest BCUT2D eigenvalue weighted by molar-refractivity contribution is 5.91. The van der Waals surface area contributed by atoms with E-state index < -0.39 is 18.1 Å². The van der Waals surface area contributed by atoms with Crippen molar-refractivity contribution in [2.24, 2.45) is 34.0 Å². The van der Waals surface area contributed by atoms with Gasteiger partial charge in [-0.05, 0) is 24.7 Å². The van der Waals surface area contributed by atoms with Crippen LogP contribution in [0.2, 0.25) is 0 Å². The first kappa shape index (κ1) is 25.9. The van der Waals surface area contributed by atoms with Gasteiger partial charge in [0.1, 0.15) is 6.04 Å². The fourth-order valence-corrected chi connectivity index (χ4v) is 1.81. The second-order valence-corrected chi connectivity index (χ2v) is 7.02. The number of nitrogens with one attached hydrogen (secondary N) is 2. The minimum atomic E-state index is -1.01. The first-order valence-electron chi connectivity index (χ1n) is 8.42. The van der Waals surface area contributed by atoms with Crippen LogP contribution < -0.4 is 22.5 Å². The predicted molar refractivity (Wildman–Crippen MR) is 104 cm³/mol. The van der Waals surface area contributed by atoms with Crippen LogP contribution in [0.3, 0.4) is 0 Å². The zero-order valence-corrected chi connectivity index (χ0v) is 16.6. The SMILES string of the molecule is CC(C)CC(N)C(=O)NC(CC(C)C)C(=O)O.CN(C)C(=N)N=C(N)N. The number of amides is 1. The maximum absolute atomic E-state index is 11.7. The van der Waals surface area contributed by atoms with Gasteiger partial charge in [0.2, 0.25) is 11.9 Å². The number of carboxylic acid groups (broad SMARTS) is 1. The molecule has 2 unspecified atom stereocenters. The smallest absolute Gasteiger partial charge is 0.326 e. The van der Waals surface area contributed by atoms with Crippen molar-refractivity contribution in [2.75, 3.05) is 14.1 Å². The van der Waals surface area contributed by atoms with E-state index in [4.69, 9.17) is 27.7 Å². The Labute approximate surface area is 155 Å². The monoisotopic (exact) mass is 373 g/mol. The van der Waals surface area contributed by atoms with Crippen LogP contribution in [0.1, 0.15) is 40.5 Å². The van der Waals surface area contributed by atoms with Crippen molar-refractivity contribution < 1.29 is 14.7 Å². The predicted octanol–water partition coefficient (Wildman–Crippen LogP) is -0.269. The molecule has 0 aliphatic heterocycles. The first-order chi connectivity index (χ1) is 11.8. The molecule has 0 aromatic carbocycles. The average Bonchev–Trinajstić information content (AvgIpc) is 2.44. The number of aliphatic carboxylic acids is 1. The van der Waals surface area contributed by atoms with Gasteiger partial charge in [-0.3, -0.25) is 10.2 Å². The number of hydrogen-bond donors (Lipinski definition) is 6. The quantitative estimate of drug-likeness (QED) is 0.262. The summed E-state index contributed by atoms with van der Waals surface area (Å²) in [6.45, 7) is 7.76. The van der Waals surface area contributed by atoms with Gasteiger partial charge < -0.3 is 32.5 Å². The van der Waals surface area contributed by atoms with E-state index in [2.05, 4.69) is 10.3 Å². The Morgan fingerprint density at radius 2 is 1.58 bits per heavy atom. The molecule has 0 saturated carbocycles. The molecule has 0 rings (SSSR count). The zero-order valence-electron chi connectivity index (χ0n) is 16.6. The van der Waals surface area contributed by atoms with E-state index in [0.717, 1.165) is 0 Å². The third-order valence-corrected chi connectivity index (χ3v) is 3.04. The standard InChI is InChI=1S/C12H24N2O3.C4H11N5/c1-7(2)5-9(13)11(15)14-10(12(16)17)6-8(3)4;1-9(2)4(7)8-3(5)6/h7-10H,5-6,13H2,1-4H3,(H,14,15)(H,16,17);1-2H3,(H5,5,6,7,8). The molecule has 26 heavy (non-hydrogen) atoms. The molecule has 10 nitrogen and oxygen atoms in total. The van der Waals surface area contributed by atoms with Crippen molar-refractivity contribution in [3.8, 4) is 0 Å². The molecule has 1 amide bonds. The molecule has 0 bridgehead atoms. The van der Waals surface area contributed by atoms with Crippen molar-refractivity contribution in [1.82, 2.24) is 10.2 Å². The van der Waals surface area contributed by atoms with Crippen LogP contribution in [0, 0.1) is 17.2 Å². The summed E-state index contributed by atoms with van der Waals surface area (Å²) in [5.74, 6) is -0.916. The lowest BCUT2D eigenvalue weighted by molar-refractivity contribution is -0.142. The lowest BCUT2D eigenvalue weighted by Gasteiger charge is -2.20. The second kappa shape index (κ2) is 12.9. The van der Waals surface area contributed by atoms with Gasteiger partial charge in [-0.25, -0.2) is 4.79 Å². The van der Waals surface area contributed by atoms with Crippen molar-refractivity contribution >= 4 is 23.8 Å². The van der Waals surface area contributed by atoms with Crippen LogP contribution in [-0.2, 0) is 9.59 Å². The number of aliphatic imine (C=N–C) groups is 1. The summed E-state index contributed by atoms with van der Waals surface area (Å²) in [5, 5.41) is 18.5. The van der Waals surface area contributed by atoms with E-state index in [-0.39, 0.29) is 23.7 Å². The van der Waals surface area contributed by atoms with Gasteiger partial charge in [-0.1, -0.05) is 27.7 Å². The van der Waals surface area contributed by atoms with Gasteiger partial charge in [0.15, 0.2) is 5.96 Å². The largest absolute Gasteiger partial charge is 0.480 e. The molecule has 152 valence electrons. The topological polar surface area (TPSA) is 184 Å². The molecule has 0 radical (unpaired) electrons. The number of nitrogens with two attached hydrogens (primary N) is 3. The number of carbonyl (C=O) groups is 2. The van der Waals surface area contributed by atoms with Crippen molar-refractivity contribution in [2.45, 2.75) is 52.6 Å². The molecule has 0 fully saturated rings. The number of carboxylic acids is 1. The summed E-state index contributed by atoms with van der Waals surface area (Å²) >= 11 is 0. The van der Waals surface area contributed by atoms with E-state index in [1.807, 2.05) is 27.7 Å². The van der Waals surface area contributed by atoms with Gasteiger partial charge in [0, 0.05) is 14.1 Å². The van der Waals surface area contributed by atoms with Gasteiger partial charge in [-0.15, -0.1) is 0 Å². The summed E-state index contributed by atoms with van der Waals surface area (Å²) in [4.78, 5) is 27.6. The van der Waals surface area contributed by atoms with Gasteiger partial charge in [0.05, 0.1) is 6.04 Å². The Balaban J connectivity index is 0. The molecule has 0 aromatic heterocycles. The number of guanidine groups is 2.